The lowest BCUT2D eigenvalue weighted by Gasteiger charge is -2.36. The molecule has 1 N–H and O–H groups in total. The van der Waals surface area contributed by atoms with Crippen molar-refractivity contribution in [3.63, 3.8) is 0 Å². The van der Waals surface area contributed by atoms with Gasteiger partial charge in [-0.3, -0.25) is 14.8 Å². The lowest BCUT2D eigenvalue weighted by atomic mass is 10.0. The highest BCUT2D eigenvalue weighted by molar-refractivity contribution is 7.89. The van der Waals surface area contributed by atoms with Crippen molar-refractivity contribution in [2.75, 3.05) is 32.1 Å². The van der Waals surface area contributed by atoms with Crippen LogP contribution >= 0.6 is 0 Å². The van der Waals surface area contributed by atoms with E-state index in [1.165, 1.54) is 4.52 Å². The molecule has 3 aliphatic rings. The van der Waals surface area contributed by atoms with E-state index in [4.69, 9.17) is 9.72 Å². The van der Waals surface area contributed by atoms with Gasteiger partial charge in [-0.05, 0) is 32.6 Å². The summed E-state index contributed by atoms with van der Waals surface area (Å²) in [6.07, 6.45) is 4.33. The maximum Gasteiger partial charge on any atom is 0.277 e. The number of aromatic amines is 1. The molecule has 1 atom stereocenters. The van der Waals surface area contributed by atoms with E-state index in [1.54, 1.807) is 11.2 Å². The quantitative estimate of drug-likeness (QED) is 0.771. The molecule has 2 aromatic heterocycles. The summed E-state index contributed by atoms with van der Waals surface area (Å²) in [6.45, 7) is 5.27. The number of H-pyrrole nitrogens is 1. The maximum atomic E-state index is 13.3. The average Bonchev–Trinajstić information content (AvgIpc) is 3.42. The standard InChI is InChI=1S/C20H29N5O4S/c1-2-30(27,28)24-8-3-4-18(24)17-12-19-21-16-5-9-23(14-6-10-29-11-7-14)13-15(16)20(26)25(19)22-17/h12,14,18,22H,2-11,13H2,1H3. The van der Waals surface area contributed by atoms with Crippen molar-refractivity contribution in [3.05, 3.63) is 33.4 Å². The summed E-state index contributed by atoms with van der Waals surface area (Å²) in [4.78, 5) is 20.4. The van der Waals surface area contributed by atoms with E-state index in [1.807, 2.05) is 6.07 Å². The molecule has 0 saturated carbocycles. The molecule has 164 valence electrons. The highest BCUT2D eigenvalue weighted by Crippen LogP contribution is 2.34. The van der Waals surface area contributed by atoms with E-state index in [-0.39, 0.29) is 17.4 Å². The van der Waals surface area contributed by atoms with Crippen LogP contribution in [0.5, 0.6) is 0 Å². The fraction of sp³-hybridized carbons (Fsp3) is 0.700. The Morgan fingerprint density at radius 3 is 2.80 bits per heavy atom. The van der Waals surface area contributed by atoms with Gasteiger partial charge in [0, 0.05) is 51.4 Å². The monoisotopic (exact) mass is 435 g/mol. The van der Waals surface area contributed by atoms with Crippen LogP contribution in [-0.4, -0.2) is 70.3 Å². The van der Waals surface area contributed by atoms with Crippen LogP contribution in [-0.2, 0) is 27.7 Å². The number of hydrogen-bond donors (Lipinski definition) is 1. The maximum absolute atomic E-state index is 13.3. The third kappa shape index (κ3) is 3.39. The largest absolute Gasteiger partial charge is 0.381 e. The average molecular weight is 436 g/mol. The van der Waals surface area contributed by atoms with Crippen LogP contribution in [0, 0.1) is 0 Å². The van der Waals surface area contributed by atoms with Gasteiger partial charge in [0.1, 0.15) is 0 Å². The van der Waals surface area contributed by atoms with Crippen molar-refractivity contribution in [1.29, 1.82) is 0 Å². The highest BCUT2D eigenvalue weighted by atomic mass is 32.2. The number of fused-ring (bicyclic) bond motifs is 2. The lowest BCUT2D eigenvalue weighted by Crippen LogP contribution is -2.44. The van der Waals surface area contributed by atoms with Crippen molar-refractivity contribution >= 4 is 15.7 Å². The number of hydrogen-bond acceptors (Lipinski definition) is 6. The summed E-state index contributed by atoms with van der Waals surface area (Å²) in [5.41, 5.74) is 2.88. The van der Waals surface area contributed by atoms with E-state index >= 15 is 0 Å². The van der Waals surface area contributed by atoms with Crippen LogP contribution in [0.3, 0.4) is 0 Å². The van der Waals surface area contributed by atoms with Gasteiger partial charge >= 0.3 is 0 Å². The first-order chi connectivity index (χ1) is 14.5. The van der Waals surface area contributed by atoms with Gasteiger partial charge in [0.2, 0.25) is 10.0 Å². The van der Waals surface area contributed by atoms with Crippen LogP contribution in [0.1, 0.15) is 55.6 Å². The molecule has 2 fully saturated rings. The van der Waals surface area contributed by atoms with Crippen molar-refractivity contribution in [2.45, 2.75) is 57.7 Å². The van der Waals surface area contributed by atoms with Gasteiger partial charge in [0.15, 0.2) is 5.65 Å². The highest BCUT2D eigenvalue weighted by Gasteiger charge is 2.36. The second-order valence-corrected chi connectivity index (χ2v) is 10.7. The fourth-order valence-corrected chi connectivity index (χ4v) is 6.45. The molecule has 0 aromatic carbocycles. The van der Waals surface area contributed by atoms with Gasteiger partial charge in [0.25, 0.3) is 5.56 Å². The molecular formula is C20H29N5O4S. The van der Waals surface area contributed by atoms with E-state index in [0.29, 0.717) is 24.8 Å². The molecule has 0 aliphatic carbocycles. The molecule has 5 rings (SSSR count). The molecule has 9 nitrogen and oxygen atoms in total. The predicted octanol–water partition coefficient (Wildman–Crippen LogP) is 1.05. The number of aromatic nitrogens is 3. The Balaban J connectivity index is 1.48. The van der Waals surface area contributed by atoms with Gasteiger partial charge < -0.3 is 4.74 Å². The van der Waals surface area contributed by atoms with Crippen LogP contribution < -0.4 is 5.56 Å². The van der Waals surface area contributed by atoms with Gasteiger partial charge in [0.05, 0.1) is 28.7 Å². The summed E-state index contributed by atoms with van der Waals surface area (Å²) in [5, 5.41) is 3.17. The van der Waals surface area contributed by atoms with Gasteiger partial charge in [-0.15, -0.1) is 0 Å². The molecule has 0 radical (unpaired) electrons. The molecule has 1 unspecified atom stereocenters. The molecule has 2 saturated heterocycles. The number of nitrogens with one attached hydrogen (secondary N) is 1. The third-order valence-corrected chi connectivity index (χ3v) is 8.68. The topological polar surface area (TPSA) is 100 Å². The molecule has 2 aromatic rings. The summed E-state index contributed by atoms with van der Waals surface area (Å²) in [5.74, 6) is 0.0816. The zero-order valence-electron chi connectivity index (χ0n) is 17.3. The van der Waals surface area contributed by atoms with Crippen LogP contribution in [0.2, 0.25) is 0 Å². The minimum Gasteiger partial charge on any atom is -0.381 e. The molecule has 10 heteroatoms. The second kappa shape index (κ2) is 7.74. The summed E-state index contributed by atoms with van der Waals surface area (Å²) < 4.78 is 33.5. The Hall–Kier alpha value is -1.75. The minimum absolute atomic E-state index is 0.0686. The molecular weight excluding hydrogens is 406 g/mol. The molecule has 0 spiro atoms. The summed E-state index contributed by atoms with van der Waals surface area (Å²) >= 11 is 0. The van der Waals surface area contributed by atoms with Gasteiger partial charge in [-0.2, -0.15) is 4.31 Å². The summed E-state index contributed by atoms with van der Waals surface area (Å²) in [7, 11) is -3.29. The van der Waals surface area contributed by atoms with E-state index in [2.05, 4.69) is 10.00 Å². The minimum atomic E-state index is -3.29. The molecule has 0 amide bonds. The van der Waals surface area contributed by atoms with Gasteiger partial charge in [-0.1, -0.05) is 0 Å². The van der Waals surface area contributed by atoms with E-state index in [0.717, 1.165) is 68.8 Å². The second-order valence-electron chi connectivity index (χ2n) is 8.48. The predicted molar refractivity (Wildman–Crippen MR) is 112 cm³/mol. The van der Waals surface area contributed by atoms with E-state index < -0.39 is 10.0 Å². The number of nitrogens with zero attached hydrogens (tertiary/aromatic N) is 4. The first-order valence-electron chi connectivity index (χ1n) is 10.9. The van der Waals surface area contributed by atoms with Crippen molar-refractivity contribution < 1.29 is 13.2 Å². The molecule has 5 heterocycles. The number of sulfonamides is 1. The number of ether oxygens (including phenoxy) is 1. The Kier molecular flexibility index (Phi) is 5.20. The summed E-state index contributed by atoms with van der Waals surface area (Å²) in [6, 6.07) is 2.05. The van der Waals surface area contributed by atoms with Gasteiger partial charge in [-0.25, -0.2) is 17.9 Å². The van der Waals surface area contributed by atoms with Crippen molar-refractivity contribution in [2.24, 2.45) is 0 Å². The van der Waals surface area contributed by atoms with Crippen LogP contribution in [0.4, 0.5) is 0 Å². The van der Waals surface area contributed by atoms with Crippen molar-refractivity contribution in [1.82, 2.24) is 23.8 Å². The fourth-order valence-electron chi connectivity index (χ4n) is 5.10. The van der Waals surface area contributed by atoms with Crippen LogP contribution in [0.15, 0.2) is 10.9 Å². The smallest absolute Gasteiger partial charge is 0.277 e. The lowest BCUT2D eigenvalue weighted by molar-refractivity contribution is 0.0286. The normalized spacial score (nSPS) is 24.5. The zero-order valence-corrected chi connectivity index (χ0v) is 18.2. The Labute approximate surface area is 176 Å². The third-order valence-electron chi connectivity index (χ3n) is 6.80. The van der Waals surface area contributed by atoms with Crippen molar-refractivity contribution in [3.8, 4) is 0 Å². The number of rotatable bonds is 4. The molecule has 30 heavy (non-hydrogen) atoms. The Morgan fingerprint density at radius 1 is 1.23 bits per heavy atom. The first kappa shape index (κ1) is 20.2. The zero-order chi connectivity index (χ0) is 20.9. The molecule has 0 bridgehead atoms. The Morgan fingerprint density at radius 2 is 2.03 bits per heavy atom. The SMILES string of the molecule is CCS(=O)(=O)N1CCCC1c1cc2nc3c(c(=O)n2[nH]1)CN(C1CCOCC1)CC3. The Bertz CT molecular complexity index is 1100. The van der Waals surface area contributed by atoms with E-state index in [9.17, 15) is 13.2 Å². The first-order valence-corrected chi connectivity index (χ1v) is 12.5. The molecule has 3 aliphatic heterocycles. The van der Waals surface area contributed by atoms with Crippen LogP contribution in [0.25, 0.3) is 5.65 Å².